The van der Waals surface area contributed by atoms with Crippen LogP contribution < -0.4 is 4.74 Å². The molecule has 1 aromatic rings. The molecular formula is C13H16O4. The van der Waals surface area contributed by atoms with Crippen LogP contribution in [0.5, 0.6) is 5.75 Å². The Bertz CT molecular complexity index is 437. The molecule has 1 aromatic carbocycles. The van der Waals surface area contributed by atoms with Crippen LogP contribution in [-0.2, 0) is 4.79 Å². The number of aliphatic carboxylic acids is 1. The first kappa shape index (κ1) is 13.2. The fraction of sp³-hybridized carbons (Fsp3) is 0.385. The van der Waals surface area contributed by atoms with E-state index in [1.165, 1.54) is 6.92 Å². The van der Waals surface area contributed by atoms with E-state index in [1.807, 2.05) is 0 Å². The maximum absolute atomic E-state index is 11.2. The normalized spacial score (nSPS) is 11.9. The molecule has 1 atom stereocenters. The quantitative estimate of drug-likeness (QED) is 0.797. The van der Waals surface area contributed by atoms with Gasteiger partial charge in [-0.1, -0.05) is 6.92 Å². The Morgan fingerprint density at radius 3 is 2.47 bits per heavy atom. The maximum Gasteiger partial charge on any atom is 0.344 e. The molecule has 0 heterocycles. The van der Waals surface area contributed by atoms with Gasteiger partial charge >= 0.3 is 5.97 Å². The zero-order valence-corrected chi connectivity index (χ0v) is 10.2. The first-order valence-electron chi connectivity index (χ1n) is 5.46. The zero-order chi connectivity index (χ0) is 13.0. The van der Waals surface area contributed by atoms with E-state index in [4.69, 9.17) is 9.84 Å². The number of carbonyl (C=O) groups excluding carboxylic acids is 1. The number of Topliss-reactive ketones (excluding diaryl/α,β-unsaturated/α-hetero) is 1. The molecule has 0 radical (unpaired) electrons. The van der Waals surface area contributed by atoms with Gasteiger partial charge < -0.3 is 9.84 Å². The number of carbonyl (C=O) groups is 2. The van der Waals surface area contributed by atoms with Crippen molar-refractivity contribution in [2.45, 2.75) is 33.3 Å². The van der Waals surface area contributed by atoms with E-state index in [1.54, 1.807) is 32.0 Å². The van der Waals surface area contributed by atoms with Crippen molar-refractivity contribution in [1.29, 1.82) is 0 Å². The van der Waals surface area contributed by atoms with E-state index < -0.39 is 12.1 Å². The van der Waals surface area contributed by atoms with E-state index in [-0.39, 0.29) is 5.78 Å². The Hall–Kier alpha value is -1.84. The lowest BCUT2D eigenvalue weighted by atomic mass is 10.1. The predicted octanol–water partition coefficient (Wildman–Crippen LogP) is 2.44. The molecule has 0 aliphatic rings. The summed E-state index contributed by atoms with van der Waals surface area (Å²) in [5.74, 6) is -0.503. The summed E-state index contributed by atoms with van der Waals surface area (Å²) in [6, 6.07) is 4.98. The minimum Gasteiger partial charge on any atom is -0.479 e. The van der Waals surface area contributed by atoms with Gasteiger partial charge in [0.25, 0.3) is 0 Å². The van der Waals surface area contributed by atoms with Crippen LogP contribution >= 0.6 is 0 Å². The van der Waals surface area contributed by atoms with Gasteiger partial charge in [0.15, 0.2) is 11.9 Å². The van der Waals surface area contributed by atoms with Crippen LogP contribution in [0.1, 0.15) is 36.2 Å². The molecule has 4 heteroatoms. The molecule has 0 aliphatic heterocycles. The third-order valence-corrected chi connectivity index (χ3v) is 2.50. The largest absolute Gasteiger partial charge is 0.479 e. The van der Waals surface area contributed by atoms with Crippen LogP contribution in [0.15, 0.2) is 18.2 Å². The van der Waals surface area contributed by atoms with Crippen molar-refractivity contribution >= 4 is 11.8 Å². The van der Waals surface area contributed by atoms with Crippen molar-refractivity contribution in [2.75, 3.05) is 0 Å². The van der Waals surface area contributed by atoms with Crippen LogP contribution in [-0.4, -0.2) is 23.0 Å². The first-order chi connectivity index (χ1) is 7.95. The number of hydrogen-bond donors (Lipinski definition) is 1. The smallest absolute Gasteiger partial charge is 0.344 e. The van der Waals surface area contributed by atoms with Crippen LogP contribution in [0.4, 0.5) is 0 Å². The molecule has 0 spiro atoms. The van der Waals surface area contributed by atoms with Gasteiger partial charge in [-0.05, 0) is 44.0 Å². The molecule has 1 N–H and O–H groups in total. The Labute approximate surface area is 100 Å². The minimum atomic E-state index is -0.984. The fourth-order valence-corrected chi connectivity index (χ4v) is 1.46. The first-order valence-corrected chi connectivity index (χ1v) is 5.46. The second-order valence-corrected chi connectivity index (χ2v) is 3.89. The molecule has 0 aromatic heterocycles. The van der Waals surface area contributed by atoms with Crippen LogP contribution in [0, 0.1) is 6.92 Å². The lowest BCUT2D eigenvalue weighted by Gasteiger charge is -2.15. The maximum atomic E-state index is 11.2. The molecule has 0 saturated carbocycles. The van der Waals surface area contributed by atoms with Crippen LogP contribution in [0.3, 0.4) is 0 Å². The van der Waals surface area contributed by atoms with E-state index in [9.17, 15) is 9.59 Å². The molecule has 0 saturated heterocycles. The second kappa shape index (κ2) is 5.48. The van der Waals surface area contributed by atoms with E-state index in [2.05, 4.69) is 0 Å². The molecule has 0 fully saturated rings. The lowest BCUT2D eigenvalue weighted by molar-refractivity contribution is -0.145. The average Bonchev–Trinajstić information content (AvgIpc) is 2.26. The number of rotatable bonds is 5. The number of carboxylic acid groups (broad SMARTS) is 1. The van der Waals surface area contributed by atoms with Crippen LogP contribution in [0.2, 0.25) is 0 Å². The number of benzene rings is 1. The summed E-state index contributed by atoms with van der Waals surface area (Å²) in [6.45, 7) is 5.02. The van der Waals surface area contributed by atoms with Crippen molar-refractivity contribution in [3.63, 3.8) is 0 Å². The highest BCUT2D eigenvalue weighted by Gasteiger charge is 2.17. The summed E-state index contributed by atoms with van der Waals surface area (Å²) in [6.07, 6.45) is -0.458. The topological polar surface area (TPSA) is 63.6 Å². The van der Waals surface area contributed by atoms with Gasteiger partial charge in [-0.2, -0.15) is 0 Å². The van der Waals surface area contributed by atoms with Gasteiger partial charge in [-0.25, -0.2) is 4.79 Å². The molecule has 0 bridgehead atoms. The Morgan fingerprint density at radius 1 is 1.41 bits per heavy atom. The Kier molecular flexibility index (Phi) is 4.26. The van der Waals surface area contributed by atoms with Gasteiger partial charge in [-0.15, -0.1) is 0 Å². The van der Waals surface area contributed by atoms with Crippen molar-refractivity contribution in [2.24, 2.45) is 0 Å². The van der Waals surface area contributed by atoms with Crippen LogP contribution in [0.25, 0.3) is 0 Å². The SMILES string of the molecule is CCC(Oc1ccc(C(C)=O)cc1C)C(=O)O. The average molecular weight is 236 g/mol. The number of carboxylic acids is 1. The van der Waals surface area contributed by atoms with E-state index in [0.29, 0.717) is 17.7 Å². The minimum absolute atomic E-state index is 0.0232. The Morgan fingerprint density at radius 2 is 2.06 bits per heavy atom. The van der Waals surface area contributed by atoms with E-state index in [0.717, 1.165) is 5.56 Å². The molecule has 1 unspecified atom stereocenters. The summed E-state index contributed by atoms with van der Waals surface area (Å²) in [7, 11) is 0. The monoisotopic (exact) mass is 236 g/mol. The number of aryl methyl sites for hydroxylation is 1. The third-order valence-electron chi connectivity index (χ3n) is 2.50. The molecule has 17 heavy (non-hydrogen) atoms. The highest BCUT2D eigenvalue weighted by atomic mass is 16.5. The zero-order valence-electron chi connectivity index (χ0n) is 10.2. The van der Waals surface area contributed by atoms with Crippen molar-refractivity contribution in [3.8, 4) is 5.75 Å². The summed E-state index contributed by atoms with van der Waals surface area (Å²) < 4.78 is 5.38. The Balaban J connectivity index is 2.93. The molecule has 0 aliphatic carbocycles. The number of ether oxygens (including phenoxy) is 1. The highest BCUT2D eigenvalue weighted by molar-refractivity contribution is 5.94. The van der Waals surface area contributed by atoms with Crippen molar-refractivity contribution < 1.29 is 19.4 Å². The third kappa shape index (κ3) is 3.31. The number of hydrogen-bond acceptors (Lipinski definition) is 3. The standard InChI is InChI=1S/C13H16O4/c1-4-11(13(15)16)17-12-6-5-10(9(3)14)7-8(12)2/h5-7,11H,4H2,1-3H3,(H,15,16). The second-order valence-electron chi connectivity index (χ2n) is 3.89. The molecule has 4 nitrogen and oxygen atoms in total. The summed E-state index contributed by atoms with van der Waals surface area (Å²) >= 11 is 0. The lowest BCUT2D eigenvalue weighted by Crippen LogP contribution is -2.26. The van der Waals surface area contributed by atoms with E-state index >= 15 is 0 Å². The van der Waals surface area contributed by atoms with Gasteiger partial charge in [0, 0.05) is 5.56 Å². The predicted molar refractivity (Wildman–Crippen MR) is 63.5 cm³/mol. The van der Waals surface area contributed by atoms with Gasteiger partial charge in [-0.3, -0.25) is 4.79 Å². The molecule has 92 valence electrons. The highest BCUT2D eigenvalue weighted by Crippen LogP contribution is 2.21. The summed E-state index contributed by atoms with van der Waals surface area (Å²) in [5.41, 5.74) is 1.36. The van der Waals surface area contributed by atoms with Gasteiger partial charge in [0.05, 0.1) is 0 Å². The summed E-state index contributed by atoms with van der Waals surface area (Å²) in [5, 5.41) is 8.89. The van der Waals surface area contributed by atoms with Crippen molar-refractivity contribution in [3.05, 3.63) is 29.3 Å². The molecular weight excluding hydrogens is 220 g/mol. The van der Waals surface area contributed by atoms with Gasteiger partial charge in [0.1, 0.15) is 5.75 Å². The molecule has 0 amide bonds. The number of ketones is 1. The molecule has 1 rings (SSSR count). The summed E-state index contributed by atoms with van der Waals surface area (Å²) in [4.78, 5) is 22.0. The van der Waals surface area contributed by atoms with Gasteiger partial charge in [0.2, 0.25) is 0 Å². The van der Waals surface area contributed by atoms with Crippen molar-refractivity contribution in [1.82, 2.24) is 0 Å². The fourth-order valence-electron chi connectivity index (χ4n) is 1.46.